The summed E-state index contributed by atoms with van der Waals surface area (Å²) >= 11 is 0. The Hall–Kier alpha value is -1.02. The average Bonchev–Trinajstić information content (AvgIpc) is 2.51. The number of likely N-dealkylation sites (tertiary alicyclic amines) is 1. The molecular formula is C19H30N2. The van der Waals surface area contributed by atoms with Crippen LogP contribution in [0.5, 0.6) is 0 Å². The van der Waals surface area contributed by atoms with Gasteiger partial charge in [-0.25, -0.2) is 0 Å². The van der Waals surface area contributed by atoms with Gasteiger partial charge < -0.3 is 9.80 Å². The number of hydrogen-bond acceptors (Lipinski definition) is 2. The summed E-state index contributed by atoms with van der Waals surface area (Å²) in [6.45, 7) is 11.0. The Labute approximate surface area is 130 Å². The topological polar surface area (TPSA) is 6.48 Å². The third-order valence-corrected chi connectivity index (χ3v) is 5.41. The van der Waals surface area contributed by atoms with Crippen LogP contribution in [-0.2, 0) is 0 Å². The third-order valence-electron chi connectivity index (χ3n) is 5.41. The summed E-state index contributed by atoms with van der Waals surface area (Å²) in [5.41, 5.74) is 2.76. The van der Waals surface area contributed by atoms with Crippen LogP contribution in [0.15, 0.2) is 24.3 Å². The molecular weight excluding hydrogens is 256 g/mol. The molecule has 21 heavy (non-hydrogen) atoms. The normalized spacial score (nSPS) is 22.7. The molecule has 0 radical (unpaired) electrons. The van der Waals surface area contributed by atoms with Crippen molar-refractivity contribution < 1.29 is 0 Å². The molecule has 0 bridgehead atoms. The van der Waals surface area contributed by atoms with Gasteiger partial charge in [-0.1, -0.05) is 24.6 Å². The lowest BCUT2D eigenvalue weighted by atomic mass is 9.93. The molecule has 0 N–H and O–H groups in total. The van der Waals surface area contributed by atoms with Crippen molar-refractivity contribution in [2.75, 3.05) is 37.6 Å². The second kappa shape index (κ2) is 6.83. The van der Waals surface area contributed by atoms with E-state index < -0.39 is 0 Å². The predicted octanol–water partition coefficient (Wildman–Crippen LogP) is 3.94. The first-order valence-corrected chi connectivity index (χ1v) is 8.74. The summed E-state index contributed by atoms with van der Waals surface area (Å²) in [4.78, 5) is 5.28. The minimum Gasteiger partial charge on any atom is -0.372 e. The van der Waals surface area contributed by atoms with Crippen LogP contribution in [0.4, 0.5) is 5.69 Å². The van der Waals surface area contributed by atoms with Crippen LogP contribution in [0.3, 0.4) is 0 Å². The summed E-state index contributed by atoms with van der Waals surface area (Å²) in [6, 6.07) is 9.02. The quantitative estimate of drug-likeness (QED) is 0.830. The number of nitrogens with zero attached hydrogens (tertiary/aromatic N) is 2. The molecule has 2 heterocycles. The Morgan fingerprint density at radius 3 is 2.14 bits per heavy atom. The maximum absolute atomic E-state index is 2.71. The van der Waals surface area contributed by atoms with Crippen LogP contribution in [-0.4, -0.2) is 37.6 Å². The molecule has 0 atom stereocenters. The second-order valence-corrected chi connectivity index (χ2v) is 7.25. The Morgan fingerprint density at radius 1 is 0.905 bits per heavy atom. The Balaban J connectivity index is 1.45. The van der Waals surface area contributed by atoms with Crippen molar-refractivity contribution in [3.05, 3.63) is 29.8 Å². The van der Waals surface area contributed by atoms with Gasteiger partial charge in [0.15, 0.2) is 0 Å². The number of piperidine rings is 2. The minimum atomic E-state index is 0.917. The highest BCUT2D eigenvalue weighted by Gasteiger charge is 2.23. The van der Waals surface area contributed by atoms with Crippen molar-refractivity contribution in [2.45, 2.75) is 39.5 Å². The van der Waals surface area contributed by atoms with Gasteiger partial charge in [0.1, 0.15) is 0 Å². The fraction of sp³-hybridized carbons (Fsp3) is 0.684. The molecule has 0 amide bonds. The molecule has 2 saturated heterocycles. The molecule has 2 aliphatic rings. The lowest BCUT2D eigenvalue weighted by molar-refractivity contribution is 0.157. The van der Waals surface area contributed by atoms with Crippen molar-refractivity contribution in [2.24, 2.45) is 11.8 Å². The second-order valence-electron chi connectivity index (χ2n) is 7.25. The van der Waals surface area contributed by atoms with Crippen molar-refractivity contribution in [3.8, 4) is 0 Å². The highest BCUT2D eigenvalue weighted by molar-refractivity contribution is 5.47. The average molecular weight is 286 g/mol. The van der Waals surface area contributed by atoms with Crippen molar-refractivity contribution in [1.29, 1.82) is 0 Å². The number of hydrogen-bond donors (Lipinski definition) is 0. The van der Waals surface area contributed by atoms with Gasteiger partial charge in [0.25, 0.3) is 0 Å². The first-order valence-electron chi connectivity index (χ1n) is 8.74. The highest BCUT2D eigenvalue weighted by Crippen LogP contribution is 2.25. The molecule has 2 heteroatoms. The summed E-state index contributed by atoms with van der Waals surface area (Å²) < 4.78 is 0. The van der Waals surface area contributed by atoms with Crippen LogP contribution >= 0.6 is 0 Å². The van der Waals surface area contributed by atoms with E-state index in [1.165, 1.54) is 69.7 Å². The molecule has 0 aliphatic carbocycles. The van der Waals surface area contributed by atoms with E-state index in [0.717, 1.165) is 11.8 Å². The smallest absolute Gasteiger partial charge is 0.0366 e. The molecule has 1 aromatic carbocycles. The van der Waals surface area contributed by atoms with Gasteiger partial charge in [0.05, 0.1) is 0 Å². The zero-order valence-electron chi connectivity index (χ0n) is 13.7. The Kier molecular flexibility index (Phi) is 4.84. The van der Waals surface area contributed by atoms with Gasteiger partial charge in [-0.05, 0) is 69.7 Å². The maximum Gasteiger partial charge on any atom is 0.0366 e. The van der Waals surface area contributed by atoms with Gasteiger partial charge in [-0.15, -0.1) is 0 Å². The highest BCUT2D eigenvalue weighted by atomic mass is 15.2. The van der Waals surface area contributed by atoms with Gasteiger partial charge >= 0.3 is 0 Å². The van der Waals surface area contributed by atoms with Gasteiger partial charge in [-0.2, -0.15) is 0 Å². The molecule has 0 aromatic heterocycles. The van der Waals surface area contributed by atoms with E-state index >= 15 is 0 Å². The third kappa shape index (κ3) is 4.00. The van der Waals surface area contributed by atoms with E-state index in [1.807, 2.05) is 0 Å². The lowest BCUT2D eigenvalue weighted by Gasteiger charge is -2.38. The van der Waals surface area contributed by atoms with Crippen molar-refractivity contribution in [1.82, 2.24) is 4.90 Å². The van der Waals surface area contributed by atoms with E-state index in [-0.39, 0.29) is 0 Å². The maximum atomic E-state index is 2.71. The van der Waals surface area contributed by atoms with Crippen molar-refractivity contribution >= 4 is 5.69 Å². The fourth-order valence-electron chi connectivity index (χ4n) is 3.74. The SMILES string of the molecule is Cc1ccc(N2CCC(CN3CCC(C)CC3)CC2)cc1. The molecule has 0 spiro atoms. The van der Waals surface area contributed by atoms with Crippen molar-refractivity contribution in [3.63, 3.8) is 0 Å². The fourth-order valence-corrected chi connectivity index (χ4v) is 3.74. The predicted molar refractivity (Wildman–Crippen MR) is 91.0 cm³/mol. The zero-order chi connectivity index (χ0) is 14.7. The molecule has 2 nitrogen and oxygen atoms in total. The first-order chi connectivity index (χ1) is 10.2. The Morgan fingerprint density at radius 2 is 1.52 bits per heavy atom. The molecule has 0 saturated carbocycles. The largest absolute Gasteiger partial charge is 0.372 e. The molecule has 0 unspecified atom stereocenters. The number of benzene rings is 1. The van der Waals surface area contributed by atoms with Crippen LogP contribution in [0.1, 0.15) is 38.2 Å². The summed E-state index contributed by atoms with van der Waals surface area (Å²) in [5.74, 6) is 1.87. The zero-order valence-corrected chi connectivity index (χ0v) is 13.7. The minimum absolute atomic E-state index is 0.917. The van der Waals surface area contributed by atoms with E-state index in [0.29, 0.717) is 0 Å². The number of aryl methyl sites for hydroxylation is 1. The van der Waals surface area contributed by atoms with Gasteiger partial charge in [0, 0.05) is 25.3 Å². The van der Waals surface area contributed by atoms with E-state index in [1.54, 1.807) is 0 Å². The van der Waals surface area contributed by atoms with Crippen LogP contribution in [0.25, 0.3) is 0 Å². The summed E-state index contributed by atoms with van der Waals surface area (Å²) in [7, 11) is 0. The Bertz CT molecular complexity index is 423. The monoisotopic (exact) mass is 286 g/mol. The molecule has 2 fully saturated rings. The van der Waals surface area contributed by atoms with Crippen LogP contribution in [0.2, 0.25) is 0 Å². The standard InChI is InChI=1S/C19H30N2/c1-16-3-5-19(6-4-16)21-13-9-18(10-14-21)15-20-11-7-17(2)8-12-20/h3-6,17-18H,7-15H2,1-2H3. The molecule has 3 rings (SSSR count). The van der Waals surface area contributed by atoms with Gasteiger partial charge in [0.2, 0.25) is 0 Å². The number of rotatable bonds is 3. The van der Waals surface area contributed by atoms with E-state index in [9.17, 15) is 0 Å². The lowest BCUT2D eigenvalue weighted by Crippen LogP contribution is -2.41. The van der Waals surface area contributed by atoms with Gasteiger partial charge in [-0.3, -0.25) is 0 Å². The van der Waals surface area contributed by atoms with E-state index in [2.05, 4.69) is 47.9 Å². The van der Waals surface area contributed by atoms with Crippen LogP contribution in [0, 0.1) is 18.8 Å². The first kappa shape index (κ1) is 14.9. The summed E-state index contributed by atoms with van der Waals surface area (Å²) in [5, 5.41) is 0. The number of anilines is 1. The van der Waals surface area contributed by atoms with E-state index in [4.69, 9.17) is 0 Å². The molecule has 116 valence electrons. The molecule has 2 aliphatic heterocycles. The van der Waals surface area contributed by atoms with Crippen LogP contribution < -0.4 is 4.90 Å². The summed E-state index contributed by atoms with van der Waals surface area (Å²) in [6.07, 6.45) is 5.53. The molecule has 1 aromatic rings.